The molecule has 26 heavy (non-hydrogen) atoms. The molecule has 0 heterocycles. The first-order chi connectivity index (χ1) is 12.3. The molecule has 1 atom stereocenters. The van der Waals surface area contributed by atoms with Crippen LogP contribution < -0.4 is 14.8 Å². The number of sulfonamides is 1. The van der Waals surface area contributed by atoms with Gasteiger partial charge in [0.05, 0.1) is 4.90 Å². The number of halogens is 1. The van der Waals surface area contributed by atoms with Crippen LogP contribution in [0.25, 0.3) is 0 Å². The lowest BCUT2D eigenvalue weighted by Crippen LogP contribution is -2.37. The second-order valence-corrected chi connectivity index (χ2v) is 7.59. The van der Waals surface area contributed by atoms with Crippen LogP contribution in [0.3, 0.4) is 0 Å². The van der Waals surface area contributed by atoms with E-state index in [4.69, 9.17) is 16.3 Å². The summed E-state index contributed by atoms with van der Waals surface area (Å²) in [4.78, 5) is 21.5. The number of ether oxygens (including phenoxy) is 1. The number of benzene rings is 2. The number of carbonyl (C=O) groups excluding carboxylic acids is 2. The maximum atomic E-state index is 12.3. The Morgan fingerprint density at radius 1 is 1.12 bits per heavy atom. The van der Waals surface area contributed by atoms with Crippen LogP contribution in [0, 0.1) is 0 Å². The minimum absolute atomic E-state index is 0.0311. The predicted octanol–water partition coefficient (Wildman–Crippen LogP) is 2.46. The summed E-state index contributed by atoms with van der Waals surface area (Å²) in [5.74, 6) is 0.463. The normalized spacial score (nSPS) is 12.2. The smallest absolute Gasteiger partial charge is 0.240 e. The third-order valence-corrected chi connectivity index (χ3v) is 5.11. The molecule has 0 unspecified atom stereocenters. The molecular formula is C17H17ClN2O5S. The lowest BCUT2D eigenvalue weighted by Gasteiger charge is -2.13. The second-order valence-electron chi connectivity index (χ2n) is 5.44. The van der Waals surface area contributed by atoms with Gasteiger partial charge in [-0.2, -0.15) is 0 Å². The average molecular weight is 397 g/mol. The quantitative estimate of drug-likeness (QED) is 0.667. The number of rotatable bonds is 8. The summed E-state index contributed by atoms with van der Waals surface area (Å²) in [5, 5.41) is 2.54. The SMILES string of the molecule is C[C@H](CC(=O)NC=O)NS(=O)(=O)c1ccc(Oc2ccc(Cl)cc2)cc1. The predicted molar refractivity (Wildman–Crippen MR) is 96.6 cm³/mol. The van der Waals surface area contributed by atoms with Crippen molar-refractivity contribution in [3.05, 3.63) is 53.6 Å². The highest BCUT2D eigenvalue weighted by atomic mass is 35.5. The third-order valence-electron chi connectivity index (χ3n) is 3.25. The fourth-order valence-electron chi connectivity index (χ4n) is 2.10. The number of hydrogen-bond acceptors (Lipinski definition) is 5. The molecule has 2 amide bonds. The molecule has 0 aliphatic heterocycles. The van der Waals surface area contributed by atoms with Crippen LogP contribution in [-0.4, -0.2) is 26.8 Å². The Balaban J connectivity index is 2.02. The summed E-state index contributed by atoms with van der Waals surface area (Å²) in [7, 11) is -3.81. The molecular weight excluding hydrogens is 380 g/mol. The van der Waals surface area contributed by atoms with Crippen molar-refractivity contribution in [3.63, 3.8) is 0 Å². The maximum absolute atomic E-state index is 12.3. The molecule has 0 aromatic heterocycles. The Morgan fingerprint density at radius 2 is 1.65 bits per heavy atom. The number of nitrogens with one attached hydrogen (secondary N) is 2. The van der Waals surface area contributed by atoms with Crippen LogP contribution >= 0.6 is 11.6 Å². The van der Waals surface area contributed by atoms with Gasteiger partial charge >= 0.3 is 0 Å². The minimum Gasteiger partial charge on any atom is -0.457 e. The molecule has 2 aromatic rings. The minimum atomic E-state index is -3.81. The molecule has 0 saturated carbocycles. The Morgan fingerprint density at radius 3 is 2.19 bits per heavy atom. The monoisotopic (exact) mass is 396 g/mol. The largest absolute Gasteiger partial charge is 0.457 e. The van der Waals surface area contributed by atoms with Crippen molar-refractivity contribution in [2.75, 3.05) is 0 Å². The van der Waals surface area contributed by atoms with Gasteiger partial charge in [-0.1, -0.05) is 11.6 Å². The molecule has 0 fully saturated rings. The highest BCUT2D eigenvalue weighted by molar-refractivity contribution is 7.89. The van der Waals surface area contributed by atoms with Crippen LogP contribution in [0.15, 0.2) is 53.4 Å². The molecule has 0 aliphatic rings. The van der Waals surface area contributed by atoms with Gasteiger partial charge in [0, 0.05) is 17.5 Å². The summed E-state index contributed by atoms with van der Waals surface area (Å²) in [5.41, 5.74) is 0. The third kappa shape index (κ3) is 5.83. The van der Waals surface area contributed by atoms with Gasteiger partial charge in [0.2, 0.25) is 22.3 Å². The molecule has 2 rings (SSSR count). The molecule has 138 valence electrons. The molecule has 0 bridgehead atoms. The van der Waals surface area contributed by atoms with Crippen LogP contribution in [0.4, 0.5) is 0 Å². The van der Waals surface area contributed by atoms with Gasteiger partial charge in [-0.05, 0) is 55.5 Å². The van der Waals surface area contributed by atoms with E-state index in [0.717, 1.165) is 0 Å². The first kappa shape index (κ1) is 19.9. The van der Waals surface area contributed by atoms with E-state index < -0.39 is 22.0 Å². The van der Waals surface area contributed by atoms with E-state index in [1.54, 1.807) is 24.3 Å². The van der Waals surface area contributed by atoms with Gasteiger partial charge in [-0.3, -0.25) is 14.9 Å². The Kier molecular flexibility index (Phi) is 6.73. The zero-order valence-corrected chi connectivity index (χ0v) is 15.4. The number of hydrogen-bond donors (Lipinski definition) is 2. The molecule has 0 saturated heterocycles. The molecule has 2 N–H and O–H groups in total. The summed E-state index contributed by atoms with van der Waals surface area (Å²) < 4.78 is 32.6. The first-order valence-corrected chi connectivity index (χ1v) is 9.45. The Labute approximate surface area is 156 Å². The summed E-state index contributed by atoms with van der Waals surface area (Å²) >= 11 is 5.80. The Hall–Kier alpha value is -2.42. The number of carbonyl (C=O) groups is 2. The van der Waals surface area contributed by atoms with Gasteiger partial charge in [-0.15, -0.1) is 0 Å². The van der Waals surface area contributed by atoms with E-state index in [1.807, 2.05) is 5.32 Å². The number of imide groups is 1. The molecule has 0 spiro atoms. The van der Waals surface area contributed by atoms with Gasteiger partial charge in [0.25, 0.3) is 0 Å². The van der Waals surface area contributed by atoms with E-state index in [2.05, 4.69) is 4.72 Å². The molecule has 9 heteroatoms. The van der Waals surface area contributed by atoms with E-state index >= 15 is 0 Å². The summed E-state index contributed by atoms with van der Waals surface area (Å²) in [6.07, 6.45) is 0.0959. The summed E-state index contributed by atoms with van der Waals surface area (Å²) in [6, 6.07) is 11.9. The zero-order valence-electron chi connectivity index (χ0n) is 13.8. The standard InChI is InChI=1S/C17H17ClN2O5S/c1-12(10-17(22)19-11-21)20-26(23,24)16-8-6-15(7-9-16)25-14-4-2-13(18)3-5-14/h2-9,11-12,20H,10H2,1H3,(H,19,21,22)/t12-/m1/s1. The van der Waals surface area contributed by atoms with E-state index in [9.17, 15) is 18.0 Å². The van der Waals surface area contributed by atoms with Crippen LogP contribution in [0.5, 0.6) is 11.5 Å². The molecule has 2 aromatic carbocycles. The van der Waals surface area contributed by atoms with Crippen LogP contribution in [0.2, 0.25) is 5.02 Å². The van der Waals surface area contributed by atoms with Crippen LogP contribution in [0.1, 0.15) is 13.3 Å². The van der Waals surface area contributed by atoms with Gasteiger partial charge in [0.1, 0.15) is 11.5 Å². The fraction of sp³-hybridized carbons (Fsp3) is 0.176. The average Bonchev–Trinajstić information content (AvgIpc) is 2.57. The fourth-order valence-corrected chi connectivity index (χ4v) is 3.47. The van der Waals surface area contributed by atoms with Crippen LogP contribution in [-0.2, 0) is 19.6 Å². The van der Waals surface area contributed by atoms with E-state index in [0.29, 0.717) is 16.5 Å². The van der Waals surface area contributed by atoms with Crippen molar-refractivity contribution in [1.82, 2.24) is 10.0 Å². The van der Waals surface area contributed by atoms with Crippen molar-refractivity contribution in [2.45, 2.75) is 24.3 Å². The highest BCUT2D eigenvalue weighted by Gasteiger charge is 2.19. The van der Waals surface area contributed by atoms with Crippen molar-refractivity contribution >= 4 is 33.9 Å². The molecule has 0 radical (unpaired) electrons. The summed E-state index contributed by atoms with van der Waals surface area (Å²) in [6.45, 7) is 1.53. The van der Waals surface area contributed by atoms with Crippen molar-refractivity contribution in [2.24, 2.45) is 0 Å². The van der Waals surface area contributed by atoms with Crippen molar-refractivity contribution in [1.29, 1.82) is 0 Å². The Bertz CT molecular complexity index is 867. The molecule has 7 nitrogen and oxygen atoms in total. The van der Waals surface area contributed by atoms with Crippen molar-refractivity contribution < 1.29 is 22.7 Å². The second kappa shape index (κ2) is 8.79. The van der Waals surface area contributed by atoms with Gasteiger partial charge < -0.3 is 4.74 Å². The lowest BCUT2D eigenvalue weighted by molar-refractivity contribution is -0.125. The highest BCUT2D eigenvalue weighted by Crippen LogP contribution is 2.24. The topological polar surface area (TPSA) is 102 Å². The van der Waals surface area contributed by atoms with E-state index in [-0.39, 0.29) is 17.7 Å². The molecule has 0 aliphatic carbocycles. The zero-order chi connectivity index (χ0) is 19.2. The van der Waals surface area contributed by atoms with Crippen molar-refractivity contribution in [3.8, 4) is 11.5 Å². The van der Waals surface area contributed by atoms with Gasteiger partial charge in [0.15, 0.2) is 0 Å². The maximum Gasteiger partial charge on any atom is 0.240 e. The first-order valence-electron chi connectivity index (χ1n) is 7.59. The van der Waals surface area contributed by atoms with Gasteiger partial charge in [-0.25, -0.2) is 13.1 Å². The number of amides is 2. The van der Waals surface area contributed by atoms with E-state index in [1.165, 1.54) is 31.2 Å². The lowest BCUT2D eigenvalue weighted by atomic mass is 10.2.